The van der Waals surface area contributed by atoms with Gasteiger partial charge in [0, 0.05) is 52.2 Å². The van der Waals surface area contributed by atoms with Gasteiger partial charge >= 0.3 is 5.91 Å². The second-order valence-corrected chi connectivity index (χ2v) is 11.0. The minimum atomic E-state index is -0.763. The average molecular weight is 494 g/mol. The molecule has 7 rings (SSSR count). The summed E-state index contributed by atoms with van der Waals surface area (Å²) in [5.74, 6) is -0.128. The van der Waals surface area contributed by atoms with Gasteiger partial charge in [-0.3, -0.25) is 9.59 Å². The first-order valence-corrected chi connectivity index (χ1v) is 13.5. The summed E-state index contributed by atoms with van der Waals surface area (Å²) >= 11 is 0. The second kappa shape index (κ2) is 8.66. The minimum absolute atomic E-state index is 0.0506. The number of hydrogen-bond acceptors (Lipinski definition) is 4. The van der Waals surface area contributed by atoms with Crippen molar-refractivity contribution in [2.24, 2.45) is 5.18 Å². The van der Waals surface area contributed by atoms with Gasteiger partial charge in [-0.25, -0.2) is 0 Å². The molecule has 1 aliphatic carbocycles. The topological polar surface area (TPSA) is 81.0 Å². The fourth-order valence-electron chi connectivity index (χ4n) is 7.17. The average Bonchev–Trinajstić information content (AvgIpc) is 3.63. The Hall–Kier alpha value is -3.26. The van der Waals surface area contributed by atoms with Crippen LogP contribution in [0.2, 0.25) is 5.31 Å². The summed E-state index contributed by atoms with van der Waals surface area (Å²) in [7, 11) is 2.21. The largest absolute Gasteiger partial charge is 0.378 e. The number of amides is 2. The SMILES string of the molecule is O=NC(=O)c1ccc2c(C3CCCCC3)c3n(c2c1)C[C@]1(C(=O)N2CCOCC2)[B][C@@H]1c1ccccc1-3. The third-order valence-electron chi connectivity index (χ3n) is 9.02. The summed E-state index contributed by atoms with van der Waals surface area (Å²) in [5.41, 5.74) is 6.09. The molecule has 37 heavy (non-hydrogen) atoms. The molecule has 2 saturated heterocycles. The van der Waals surface area contributed by atoms with Crippen LogP contribution >= 0.6 is 0 Å². The molecule has 3 aliphatic heterocycles. The molecule has 4 aliphatic rings. The summed E-state index contributed by atoms with van der Waals surface area (Å²) in [4.78, 5) is 39.4. The standard InChI is InChI=1S/C29H29BN3O4/c34-27(31-36)19-10-11-22-23(16-19)33-17-29(28(35)32-12-14-37-15-13-32)26(30-29)21-9-5-4-8-20(21)25(33)24(22)18-6-2-1-3-7-18/h4-5,8-11,16,18,26H,1-3,6-7,12-15,17H2/t26-,29+/m1/s1. The number of carbonyl (C=O) groups is 2. The van der Waals surface area contributed by atoms with Gasteiger partial charge in [-0.05, 0) is 47.8 Å². The number of hydrogen-bond donors (Lipinski definition) is 0. The molecule has 1 saturated carbocycles. The number of ether oxygens (including phenoxy) is 1. The van der Waals surface area contributed by atoms with Gasteiger partial charge in [-0.1, -0.05) is 49.6 Å². The Morgan fingerprint density at radius 1 is 1.03 bits per heavy atom. The van der Waals surface area contributed by atoms with Crippen LogP contribution in [0.5, 0.6) is 0 Å². The van der Waals surface area contributed by atoms with Crippen LogP contribution in [-0.2, 0) is 16.1 Å². The first kappa shape index (κ1) is 22.9. The number of morpholine rings is 1. The lowest BCUT2D eigenvalue weighted by molar-refractivity contribution is -0.137. The Morgan fingerprint density at radius 2 is 1.81 bits per heavy atom. The molecule has 4 heterocycles. The summed E-state index contributed by atoms with van der Waals surface area (Å²) in [6.45, 7) is 2.87. The molecule has 3 aromatic rings. The van der Waals surface area contributed by atoms with Gasteiger partial charge in [-0.2, -0.15) is 0 Å². The molecule has 0 spiro atoms. The summed E-state index contributed by atoms with van der Waals surface area (Å²) in [5, 5.41) is 3.17. The van der Waals surface area contributed by atoms with Crippen molar-refractivity contribution in [3.05, 3.63) is 64.1 Å². The lowest BCUT2D eigenvalue weighted by Crippen LogP contribution is -2.44. The van der Waals surface area contributed by atoms with Crippen molar-refractivity contribution in [3.63, 3.8) is 0 Å². The molecule has 2 atom stereocenters. The van der Waals surface area contributed by atoms with Crippen LogP contribution in [0.4, 0.5) is 0 Å². The van der Waals surface area contributed by atoms with Crippen LogP contribution < -0.4 is 0 Å². The molecule has 8 heteroatoms. The van der Waals surface area contributed by atoms with Gasteiger partial charge in [0.1, 0.15) is 7.28 Å². The molecule has 2 amide bonds. The molecule has 2 aromatic carbocycles. The summed E-state index contributed by atoms with van der Waals surface area (Å²) in [6, 6.07) is 14.0. The Morgan fingerprint density at radius 3 is 2.59 bits per heavy atom. The molecule has 7 nitrogen and oxygen atoms in total. The van der Waals surface area contributed by atoms with E-state index in [2.05, 4.69) is 41.3 Å². The Kier molecular flexibility index (Phi) is 5.36. The number of rotatable bonds is 3. The fraction of sp³-hybridized carbons (Fsp3) is 0.448. The maximum atomic E-state index is 14.1. The molecular formula is C29H29BN3O4. The molecule has 187 valence electrons. The van der Waals surface area contributed by atoms with E-state index in [1.807, 2.05) is 17.0 Å². The highest BCUT2D eigenvalue weighted by molar-refractivity contribution is 6.64. The van der Waals surface area contributed by atoms with E-state index < -0.39 is 11.2 Å². The van der Waals surface area contributed by atoms with E-state index in [9.17, 15) is 14.5 Å². The number of aromatic nitrogens is 1. The van der Waals surface area contributed by atoms with Crippen molar-refractivity contribution in [3.8, 4) is 11.3 Å². The predicted molar refractivity (Wildman–Crippen MR) is 142 cm³/mol. The lowest BCUT2D eigenvalue weighted by Gasteiger charge is -2.32. The number of carbonyl (C=O) groups excluding carboxylic acids is 2. The zero-order valence-corrected chi connectivity index (χ0v) is 20.8. The van der Waals surface area contributed by atoms with E-state index in [4.69, 9.17) is 4.74 Å². The molecular weight excluding hydrogens is 465 g/mol. The van der Waals surface area contributed by atoms with Gasteiger partial charge in [0.15, 0.2) is 0 Å². The zero-order valence-electron chi connectivity index (χ0n) is 20.8. The Bertz CT molecular complexity index is 1440. The van der Waals surface area contributed by atoms with Gasteiger partial charge in [0.05, 0.1) is 18.9 Å². The first-order chi connectivity index (χ1) is 18.1. The first-order valence-electron chi connectivity index (χ1n) is 13.5. The quantitative estimate of drug-likeness (QED) is 0.377. The number of nitrogens with zero attached hydrogens (tertiary/aromatic N) is 3. The lowest BCUT2D eigenvalue weighted by atomic mass is 9.80. The molecule has 1 aromatic heterocycles. The highest BCUT2D eigenvalue weighted by Crippen LogP contribution is 2.65. The normalized spacial score (nSPS) is 24.9. The molecule has 3 fully saturated rings. The van der Waals surface area contributed by atoms with Crippen LogP contribution in [0.1, 0.15) is 65.3 Å². The van der Waals surface area contributed by atoms with Gasteiger partial charge in [0.2, 0.25) is 5.91 Å². The van der Waals surface area contributed by atoms with Crippen LogP contribution in [0.3, 0.4) is 0 Å². The van der Waals surface area contributed by atoms with Crippen molar-refractivity contribution >= 4 is 30.0 Å². The summed E-state index contributed by atoms with van der Waals surface area (Å²) in [6.07, 6.45) is 5.95. The summed E-state index contributed by atoms with van der Waals surface area (Å²) < 4.78 is 7.80. The predicted octanol–water partition coefficient (Wildman–Crippen LogP) is 5.05. The third kappa shape index (κ3) is 3.45. The maximum Gasteiger partial charge on any atom is 0.316 e. The van der Waals surface area contributed by atoms with E-state index in [-0.39, 0.29) is 11.7 Å². The highest BCUT2D eigenvalue weighted by Gasteiger charge is 2.64. The van der Waals surface area contributed by atoms with Crippen LogP contribution in [0.15, 0.2) is 47.6 Å². The van der Waals surface area contributed by atoms with E-state index >= 15 is 0 Å². The van der Waals surface area contributed by atoms with Crippen molar-refractivity contribution in [2.75, 3.05) is 26.3 Å². The molecule has 0 N–H and O–H groups in total. The Labute approximate surface area is 216 Å². The van der Waals surface area contributed by atoms with Crippen molar-refractivity contribution in [1.82, 2.24) is 9.47 Å². The zero-order chi connectivity index (χ0) is 25.1. The Balaban J connectivity index is 1.47. The fourth-order valence-corrected chi connectivity index (χ4v) is 7.17. The number of nitroso groups, excluding NO2 is 1. The van der Waals surface area contributed by atoms with Crippen molar-refractivity contribution < 1.29 is 14.3 Å². The van der Waals surface area contributed by atoms with Gasteiger partial charge in [0.25, 0.3) is 0 Å². The number of benzene rings is 2. The maximum absolute atomic E-state index is 14.1. The monoisotopic (exact) mass is 494 g/mol. The van der Waals surface area contributed by atoms with Gasteiger partial charge in [-0.15, -0.1) is 4.91 Å². The van der Waals surface area contributed by atoms with Crippen LogP contribution in [-0.4, -0.2) is 54.9 Å². The van der Waals surface area contributed by atoms with E-state index in [0.29, 0.717) is 44.3 Å². The molecule has 1 radical (unpaired) electrons. The van der Waals surface area contributed by atoms with Crippen molar-refractivity contribution in [2.45, 2.75) is 55.7 Å². The van der Waals surface area contributed by atoms with E-state index in [1.165, 1.54) is 41.6 Å². The molecule has 0 unspecified atom stereocenters. The highest BCUT2D eigenvalue weighted by atomic mass is 16.5. The smallest absolute Gasteiger partial charge is 0.316 e. The second-order valence-electron chi connectivity index (χ2n) is 11.0. The van der Waals surface area contributed by atoms with Crippen molar-refractivity contribution in [1.29, 1.82) is 0 Å². The number of fused-ring (bicyclic) bond motifs is 7. The molecule has 0 bridgehead atoms. The van der Waals surface area contributed by atoms with Crippen LogP contribution in [0, 0.1) is 4.91 Å². The minimum Gasteiger partial charge on any atom is -0.378 e. The van der Waals surface area contributed by atoms with E-state index in [1.54, 1.807) is 6.07 Å². The van der Waals surface area contributed by atoms with E-state index in [0.717, 1.165) is 23.7 Å². The van der Waals surface area contributed by atoms with Crippen LogP contribution in [0.25, 0.3) is 22.2 Å². The van der Waals surface area contributed by atoms with Gasteiger partial charge < -0.3 is 14.2 Å². The third-order valence-corrected chi connectivity index (χ3v) is 9.02.